The van der Waals surface area contributed by atoms with Crippen LogP contribution < -0.4 is 15.0 Å². The van der Waals surface area contributed by atoms with Crippen molar-refractivity contribution in [2.45, 2.75) is 12.7 Å². The quantitative estimate of drug-likeness (QED) is 0.681. The van der Waals surface area contributed by atoms with Crippen LogP contribution in [0, 0.1) is 5.82 Å². The van der Waals surface area contributed by atoms with Gasteiger partial charge in [0, 0.05) is 31.4 Å². The molecule has 30 heavy (non-hydrogen) atoms. The van der Waals surface area contributed by atoms with E-state index in [4.69, 9.17) is 21.1 Å². The minimum absolute atomic E-state index is 0.0577. The Bertz CT molecular complexity index is 902. The molecule has 1 amide bonds. The summed E-state index contributed by atoms with van der Waals surface area (Å²) in [4.78, 5) is 13.8. The molecule has 1 N–H and O–H groups in total. The van der Waals surface area contributed by atoms with Crippen LogP contribution in [0.5, 0.6) is 5.75 Å². The molecule has 0 bridgehead atoms. The van der Waals surface area contributed by atoms with Gasteiger partial charge in [0.2, 0.25) is 0 Å². The van der Waals surface area contributed by atoms with Crippen molar-refractivity contribution in [1.82, 2.24) is 5.32 Å². The smallest absolute Gasteiger partial charge is 0.416 e. The largest absolute Gasteiger partial charge is 0.484 e. The Balaban J connectivity index is 1.63. The summed E-state index contributed by atoms with van der Waals surface area (Å²) in [5, 5.41) is 2.24. The minimum atomic E-state index is -4.57. The second-order valence-corrected chi connectivity index (χ2v) is 6.99. The molecule has 0 spiro atoms. The van der Waals surface area contributed by atoms with E-state index in [1.165, 1.54) is 18.2 Å². The number of carbonyl (C=O) groups excluding carboxylic acids is 1. The number of carbonyl (C=O) groups is 1. The van der Waals surface area contributed by atoms with Crippen molar-refractivity contribution in [2.24, 2.45) is 0 Å². The third-order valence-electron chi connectivity index (χ3n) is 4.51. The fraction of sp³-hybridized carbons (Fsp3) is 0.350. The Morgan fingerprint density at radius 2 is 1.90 bits per heavy atom. The molecule has 0 aromatic heterocycles. The van der Waals surface area contributed by atoms with Crippen molar-refractivity contribution in [1.29, 1.82) is 0 Å². The van der Waals surface area contributed by atoms with Crippen LogP contribution in [-0.4, -0.2) is 38.8 Å². The molecule has 1 aliphatic heterocycles. The molecule has 3 rings (SSSR count). The van der Waals surface area contributed by atoms with Gasteiger partial charge >= 0.3 is 6.18 Å². The first-order valence-electron chi connectivity index (χ1n) is 9.11. The van der Waals surface area contributed by atoms with Gasteiger partial charge in [-0.3, -0.25) is 4.79 Å². The number of anilines is 1. The lowest BCUT2D eigenvalue weighted by atomic mass is 10.0. The zero-order chi connectivity index (χ0) is 21.7. The summed E-state index contributed by atoms with van der Waals surface area (Å²) in [6.07, 6.45) is -4.57. The number of hydrogen-bond donors (Lipinski definition) is 1. The normalized spacial score (nSPS) is 14.5. The van der Waals surface area contributed by atoms with Crippen LogP contribution >= 0.6 is 11.6 Å². The molecular formula is C20H19ClF4N2O3. The zero-order valence-electron chi connectivity index (χ0n) is 15.8. The van der Waals surface area contributed by atoms with Gasteiger partial charge in [0.1, 0.15) is 11.6 Å². The second-order valence-electron chi connectivity index (χ2n) is 6.58. The third kappa shape index (κ3) is 5.76. The van der Waals surface area contributed by atoms with E-state index < -0.39 is 30.1 Å². The number of alkyl halides is 3. The molecule has 0 aliphatic carbocycles. The number of nitrogens with one attached hydrogen (secondary N) is 1. The van der Waals surface area contributed by atoms with E-state index in [0.29, 0.717) is 32.0 Å². The highest BCUT2D eigenvalue weighted by Gasteiger charge is 2.34. The SMILES string of the molecule is O=C(COc1ccc(F)c(Cl)c1)NCc1ccc(N2CCOCC2)cc1C(F)(F)F. The van der Waals surface area contributed by atoms with Crippen LogP contribution in [0.25, 0.3) is 0 Å². The molecule has 1 fully saturated rings. The lowest BCUT2D eigenvalue weighted by Gasteiger charge is -2.29. The van der Waals surface area contributed by atoms with E-state index in [1.807, 2.05) is 4.90 Å². The number of halogens is 5. The minimum Gasteiger partial charge on any atom is -0.484 e. The number of benzene rings is 2. The van der Waals surface area contributed by atoms with Crippen LogP contribution in [0.3, 0.4) is 0 Å². The van der Waals surface area contributed by atoms with E-state index in [1.54, 1.807) is 6.07 Å². The van der Waals surface area contributed by atoms with Gasteiger partial charge in [0.15, 0.2) is 6.61 Å². The molecule has 1 aliphatic rings. The van der Waals surface area contributed by atoms with Crippen molar-refractivity contribution in [3.63, 3.8) is 0 Å². The van der Waals surface area contributed by atoms with Crippen molar-refractivity contribution >= 4 is 23.2 Å². The van der Waals surface area contributed by atoms with Crippen LogP contribution in [-0.2, 0) is 22.3 Å². The van der Waals surface area contributed by atoms with Crippen LogP contribution in [0.2, 0.25) is 5.02 Å². The maximum atomic E-state index is 13.5. The fourth-order valence-electron chi connectivity index (χ4n) is 2.96. The van der Waals surface area contributed by atoms with E-state index >= 15 is 0 Å². The molecule has 0 saturated carbocycles. The van der Waals surface area contributed by atoms with E-state index in [9.17, 15) is 22.4 Å². The maximum Gasteiger partial charge on any atom is 0.416 e. The van der Waals surface area contributed by atoms with Crippen molar-refractivity contribution in [3.8, 4) is 5.75 Å². The van der Waals surface area contributed by atoms with Gasteiger partial charge in [-0.1, -0.05) is 17.7 Å². The number of rotatable bonds is 6. The number of nitrogens with zero attached hydrogens (tertiary/aromatic N) is 1. The van der Waals surface area contributed by atoms with Gasteiger partial charge in [-0.05, 0) is 29.8 Å². The lowest BCUT2D eigenvalue weighted by molar-refractivity contribution is -0.138. The molecular weight excluding hydrogens is 428 g/mol. The van der Waals surface area contributed by atoms with Gasteiger partial charge < -0.3 is 19.7 Å². The van der Waals surface area contributed by atoms with Crippen molar-refractivity contribution < 1.29 is 31.8 Å². The highest BCUT2D eigenvalue weighted by atomic mass is 35.5. The molecule has 2 aromatic carbocycles. The van der Waals surface area contributed by atoms with E-state index in [2.05, 4.69) is 5.32 Å². The Morgan fingerprint density at radius 1 is 1.17 bits per heavy atom. The predicted molar refractivity (Wildman–Crippen MR) is 103 cm³/mol. The molecule has 2 aromatic rings. The van der Waals surface area contributed by atoms with Crippen LogP contribution in [0.4, 0.5) is 23.2 Å². The summed E-state index contributed by atoms with van der Waals surface area (Å²) in [6, 6.07) is 7.62. The highest BCUT2D eigenvalue weighted by molar-refractivity contribution is 6.30. The summed E-state index contributed by atoms with van der Waals surface area (Å²) in [5.41, 5.74) is -0.409. The molecule has 1 saturated heterocycles. The first-order valence-corrected chi connectivity index (χ1v) is 9.49. The predicted octanol–water partition coefficient (Wildman–Crippen LogP) is 4.03. The number of hydrogen-bond acceptors (Lipinski definition) is 4. The Kier molecular flexibility index (Phi) is 7.04. The average Bonchev–Trinajstić information content (AvgIpc) is 2.73. The summed E-state index contributed by atoms with van der Waals surface area (Å²) >= 11 is 5.63. The molecule has 162 valence electrons. The van der Waals surface area contributed by atoms with Crippen LogP contribution in [0.15, 0.2) is 36.4 Å². The molecule has 0 radical (unpaired) electrons. The van der Waals surface area contributed by atoms with Gasteiger partial charge in [-0.15, -0.1) is 0 Å². The first kappa shape index (κ1) is 22.2. The lowest BCUT2D eigenvalue weighted by Crippen LogP contribution is -2.36. The number of ether oxygens (including phenoxy) is 2. The van der Waals surface area contributed by atoms with Crippen LogP contribution in [0.1, 0.15) is 11.1 Å². The maximum absolute atomic E-state index is 13.5. The van der Waals surface area contributed by atoms with Crippen molar-refractivity contribution in [3.05, 3.63) is 58.4 Å². The zero-order valence-corrected chi connectivity index (χ0v) is 16.5. The number of morpholine rings is 1. The summed E-state index contributed by atoms with van der Waals surface area (Å²) in [6.45, 7) is 1.17. The third-order valence-corrected chi connectivity index (χ3v) is 4.80. The Hall–Kier alpha value is -2.52. The summed E-state index contributed by atoms with van der Waals surface area (Å²) in [7, 11) is 0. The Labute approximate surface area is 175 Å². The first-order chi connectivity index (χ1) is 14.2. The molecule has 0 unspecified atom stereocenters. The van der Waals surface area contributed by atoms with Gasteiger partial charge in [-0.25, -0.2) is 4.39 Å². The van der Waals surface area contributed by atoms with Gasteiger partial charge in [0.05, 0.1) is 23.8 Å². The second kappa shape index (κ2) is 9.53. The highest BCUT2D eigenvalue weighted by Crippen LogP contribution is 2.35. The summed E-state index contributed by atoms with van der Waals surface area (Å²) < 4.78 is 64.1. The van der Waals surface area contributed by atoms with Crippen molar-refractivity contribution in [2.75, 3.05) is 37.8 Å². The van der Waals surface area contributed by atoms with E-state index in [-0.39, 0.29) is 22.9 Å². The molecule has 0 atom stereocenters. The molecule has 5 nitrogen and oxygen atoms in total. The van der Waals surface area contributed by atoms with Gasteiger partial charge in [-0.2, -0.15) is 13.2 Å². The number of amides is 1. The van der Waals surface area contributed by atoms with Gasteiger partial charge in [0.25, 0.3) is 5.91 Å². The topological polar surface area (TPSA) is 50.8 Å². The molecule has 10 heteroatoms. The standard InChI is InChI=1S/C20H19ClF4N2O3/c21-17-10-15(3-4-18(17)22)30-12-19(28)26-11-13-1-2-14(9-16(13)20(23,24)25)27-5-7-29-8-6-27/h1-4,9-10H,5-8,11-12H2,(H,26,28). The molecule has 1 heterocycles. The van der Waals surface area contributed by atoms with E-state index in [0.717, 1.165) is 12.1 Å². The average molecular weight is 447 g/mol. The summed E-state index contributed by atoms with van der Waals surface area (Å²) in [5.74, 6) is -1.09. The Morgan fingerprint density at radius 3 is 2.57 bits per heavy atom. The fourth-order valence-corrected chi connectivity index (χ4v) is 3.13. The monoisotopic (exact) mass is 446 g/mol.